The van der Waals surface area contributed by atoms with E-state index in [1.807, 2.05) is 12.1 Å². The summed E-state index contributed by atoms with van der Waals surface area (Å²) < 4.78 is 0. The minimum atomic E-state index is 0.334. The van der Waals surface area contributed by atoms with E-state index in [0.29, 0.717) is 22.1 Å². The SMILES string of the molecule is CCC1CCC(NC(C)c2ccc(Cl)c(Cl)c2)C1. The molecule has 1 aromatic rings. The molecule has 3 heteroatoms. The molecule has 1 aromatic carbocycles. The van der Waals surface area contributed by atoms with Crippen molar-refractivity contribution in [2.24, 2.45) is 5.92 Å². The summed E-state index contributed by atoms with van der Waals surface area (Å²) in [5, 5.41) is 4.97. The van der Waals surface area contributed by atoms with Crippen LogP contribution in [0.5, 0.6) is 0 Å². The highest BCUT2D eigenvalue weighted by atomic mass is 35.5. The standard InChI is InChI=1S/C15H21Cl2N/c1-3-11-4-6-13(8-11)18-10(2)12-5-7-14(16)15(17)9-12/h5,7,9-11,13,18H,3-4,6,8H2,1-2H3. The summed E-state index contributed by atoms with van der Waals surface area (Å²) in [4.78, 5) is 0. The van der Waals surface area contributed by atoms with Crippen LogP contribution in [0.2, 0.25) is 10.0 Å². The molecule has 0 bridgehead atoms. The van der Waals surface area contributed by atoms with Crippen LogP contribution in [0.15, 0.2) is 18.2 Å². The summed E-state index contributed by atoms with van der Waals surface area (Å²) in [6.07, 6.45) is 5.27. The fourth-order valence-electron chi connectivity index (χ4n) is 2.83. The summed E-state index contributed by atoms with van der Waals surface area (Å²) in [6.45, 7) is 4.48. The topological polar surface area (TPSA) is 12.0 Å². The molecule has 3 atom stereocenters. The Morgan fingerprint density at radius 3 is 2.67 bits per heavy atom. The van der Waals surface area contributed by atoms with E-state index in [1.165, 1.54) is 31.2 Å². The zero-order valence-electron chi connectivity index (χ0n) is 11.0. The van der Waals surface area contributed by atoms with E-state index in [1.54, 1.807) is 0 Å². The molecule has 0 saturated heterocycles. The Kier molecular flexibility index (Phi) is 4.94. The first-order valence-corrected chi connectivity index (χ1v) is 7.56. The first-order chi connectivity index (χ1) is 8.60. The average molecular weight is 286 g/mol. The molecule has 1 saturated carbocycles. The third-order valence-corrected chi connectivity index (χ3v) is 4.79. The molecule has 0 aromatic heterocycles. The molecule has 1 aliphatic rings. The first kappa shape index (κ1) is 14.2. The van der Waals surface area contributed by atoms with Crippen LogP contribution in [0.1, 0.15) is 51.1 Å². The number of nitrogens with one attached hydrogen (secondary N) is 1. The number of halogens is 2. The minimum Gasteiger partial charge on any atom is -0.307 e. The molecule has 0 heterocycles. The van der Waals surface area contributed by atoms with E-state index in [9.17, 15) is 0 Å². The third kappa shape index (κ3) is 3.40. The van der Waals surface area contributed by atoms with E-state index in [2.05, 4.69) is 25.2 Å². The van der Waals surface area contributed by atoms with Gasteiger partial charge < -0.3 is 5.32 Å². The zero-order chi connectivity index (χ0) is 13.1. The maximum absolute atomic E-state index is 6.06. The van der Waals surface area contributed by atoms with Crippen LogP contribution in [0.25, 0.3) is 0 Å². The molecular weight excluding hydrogens is 265 g/mol. The van der Waals surface area contributed by atoms with Gasteiger partial charge in [-0.15, -0.1) is 0 Å². The van der Waals surface area contributed by atoms with Crippen LogP contribution >= 0.6 is 23.2 Å². The Morgan fingerprint density at radius 2 is 2.06 bits per heavy atom. The monoisotopic (exact) mass is 285 g/mol. The molecule has 0 aliphatic heterocycles. The minimum absolute atomic E-state index is 0.334. The van der Waals surface area contributed by atoms with Crippen molar-refractivity contribution in [3.63, 3.8) is 0 Å². The highest BCUT2D eigenvalue weighted by Crippen LogP contribution is 2.30. The molecule has 0 radical (unpaired) electrons. The zero-order valence-corrected chi connectivity index (χ0v) is 12.6. The fraction of sp³-hybridized carbons (Fsp3) is 0.600. The molecule has 1 aliphatic carbocycles. The predicted octanol–water partition coefficient (Wildman–Crippen LogP) is 5.22. The van der Waals surface area contributed by atoms with Crippen molar-refractivity contribution in [2.75, 3.05) is 0 Å². The molecule has 1 fully saturated rings. The smallest absolute Gasteiger partial charge is 0.0595 e. The molecule has 1 N–H and O–H groups in total. The Labute approximate surface area is 120 Å². The Morgan fingerprint density at radius 1 is 1.28 bits per heavy atom. The van der Waals surface area contributed by atoms with Crippen LogP contribution in [0.3, 0.4) is 0 Å². The van der Waals surface area contributed by atoms with E-state index >= 15 is 0 Å². The van der Waals surface area contributed by atoms with Gasteiger partial charge >= 0.3 is 0 Å². The Hall–Kier alpha value is -0.240. The van der Waals surface area contributed by atoms with Crippen molar-refractivity contribution in [3.8, 4) is 0 Å². The van der Waals surface area contributed by atoms with Gasteiger partial charge in [0.2, 0.25) is 0 Å². The second kappa shape index (κ2) is 6.27. The summed E-state index contributed by atoms with van der Waals surface area (Å²) in [7, 11) is 0. The van der Waals surface area contributed by atoms with Gasteiger partial charge in [-0.25, -0.2) is 0 Å². The molecule has 1 nitrogen and oxygen atoms in total. The summed E-state index contributed by atoms with van der Waals surface area (Å²) >= 11 is 12.0. The predicted molar refractivity (Wildman–Crippen MR) is 79.4 cm³/mol. The van der Waals surface area contributed by atoms with E-state index < -0.39 is 0 Å². The molecular formula is C15H21Cl2N. The number of benzene rings is 1. The highest BCUT2D eigenvalue weighted by Gasteiger charge is 2.24. The number of rotatable bonds is 4. The van der Waals surface area contributed by atoms with Crippen LogP contribution in [0.4, 0.5) is 0 Å². The van der Waals surface area contributed by atoms with Crippen LogP contribution in [0, 0.1) is 5.92 Å². The molecule has 0 spiro atoms. The van der Waals surface area contributed by atoms with Gasteiger partial charge in [-0.2, -0.15) is 0 Å². The van der Waals surface area contributed by atoms with Crippen molar-refractivity contribution >= 4 is 23.2 Å². The summed E-state index contributed by atoms with van der Waals surface area (Å²) in [6, 6.07) is 6.88. The highest BCUT2D eigenvalue weighted by molar-refractivity contribution is 6.42. The second-order valence-corrected chi connectivity index (χ2v) is 6.16. The maximum atomic E-state index is 6.06. The lowest BCUT2D eigenvalue weighted by atomic mass is 10.0. The van der Waals surface area contributed by atoms with Crippen molar-refractivity contribution in [1.29, 1.82) is 0 Å². The lowest BCUT2D eigenvalue weighted by Gasteiger charge is -2.20. The summed E-state index contributed by atoms with van der Waals surface area (Å²) in [5.41, 5.74) is 1.21. The first-order valence-electron chi connectivity index (χ1n) is 6.81. The molecule has 18 heavy (non-hydrogen) atoms. The van der Waals surface area contributed by atoms with E-state index in [0.717, 1.165) is 5.92 Å². The average Bonchev–Trinajstić information content (AvgIpc) is 2.80. The number of hydrogen-bond acceptors (Lipinski definition) is 1. The van der Waals surface area contributed by atoms with Crippen molar-refractivity contribution in [1.82, 2.24) is 5.32 Å². The van der Waals surface area contributed by atoms with Gasteiger partial charge in [-0.05, 0) is 49.8 Å². The molecule has 0 amide bonds. The van der Waals surface area contributed by atoms with Crippen molar-refractivity contribution in [2.45, 2.75) is 51.6 Å². The largest absolute Gasteiger partial charge is 0.307 e. The van der Waals surface area contributed by atoms with Gasteiger partial charge in [0.05, 0.1) is 10.0 Å². The van der Waals surface area contributed by atoms with Gasteiger partial charge in [-0.3, -0.25) is 0 Å². The molecule has 3 unspecified atom stereocenters. The van der Waals surface area contributed by atoms with Crippen LogP contribution in [-0.4, -0.2) is 6.04 Å². The van der Waals surface area contributed by atoms with Gasteiger partial charge in [0.1, 0.15) is 0 Å². The lowest BCUT2D eigenvalue weighted by Crippen LogP contribution is -2.29. The third-order valence-electron chi connectivity index (χ3n) is 4.05. The quantitative estimate of drug-likeness (QED) is 0.799. The Bertz CT molecular complexity index is 405. The van der Waals surface area contributed by atoms with Gasteiger partial charge in [0.25, 0.3) is 0 Å². The second-order valence-electron chi connectivity index (χ2n) is 5.35. The molecule has 2 rings (SSSR count). The van der Waals surface area contributed by atoms with Crippen LogP contribution in [-0.2, 0) is 0 Å². The number of hydrogen-bond donors (Lipinski definition) is 1. The van der Waals surface area contributed by atoms with Crippen molar-refractivity contribution in [3.05, 3.63) is 33.8 Å². The maximum Gasteiger partial charge on any atom is 0.0595 e. The summed E-state index contributed by atoms with van der Waals surface area (Å²) in [5.74, 6) is 0.906. The van der Waals surface area contributed by atoms with Gasteiger partial charge in [-0.1, -0.05) is 42.6 Å². The van der Waals surface area contributed by atoms with Crippen LogP contribution < -0.4 is 5.32 Å². The van der Waals surface area contributed by atoms with E-state index in [4.69, 9.17) is 23.2 Å². The lowest BCUT2D eigenvalue weighted by molar-refractivity contribution is 0.437. The van der Waals surface area contributed by atoms with E-state index in [-0.39, 0.29) is 0 Å². The Balaban J connectivity index is 1.95. The fourth-order valence-corrected chi connectivity index (χ4v) is 3.14. The normalized spacial score (nSPS) is 25.3. The molecule has 100 valence electrons. The van der Waals surface area contributed by atoms with Gasteiger partial charge in [0, 0.05) is 12.1 Å². The van der Waals surface area contributed by atoms with Crippen molar-refractivity contribution < 1.29 is 0 Å². The van der Waals surface area contributed by atoms with Gasteiger partial charge in [0.15, 0.2) is 0 Å².